The molecule has 0 heterocycles. The van der Waals surface area contributed by atoms with Gasteiger partial charge in [-0.15, -0.1) is 0 Å². The Balaban J connectivity index is 2.45. The van der Waals surface area contributed by atoms with Gasteiger partial charge in [0.05, 0.1) is 12.1 Å². The third-order valence-corrected chi connectivity index (χ3v) is 3.31. The van der Waals surface area contributed by atoms with E-state index in [4.69, 9.17) is 22.1 Å². The third kappa shape index (κ3) is 1.70. The van der Waals surface area contributed by atoms with Crippen LogP contribution in [0.3, 0.4) is 0 Å². The second-order valence-electron chi connectivity index (χ2n) is 3.98. The molecule has 0 aliphatic heterocycles. The van der Waals surface area contributed by atoms with Crippen molar-refractivity contribution in [3.8, 4) is 5.75 Å². The highest BCUT2D eigenvalue weighted by molar-refractivity contribution is 6.31. The molecule has 1 aliphatic carbocycles. The predicted octanol–water partition coefficient (Wildman–Crippen LogP) is 2.83. The Labute approximate surface area is 93.2 Å². The molecular weight excluding hydrogens is 217 g/mol. The monoisotopic (exact) mass is 229 g/mol. The average molecular weight is 230 g/mol. The van der Waals surface area contributed by atoms with Crippen LogP contribution in [0, 0.1) is 5.82 Å². The first-order chi connectivity index (χ1) is 7.07. The molecule has 0 radical (unpaired) electrons. The number of hydrogen-bond acceptors (Lipinski definition) is 2. The lowest BCUT2D eigenvalue weighted by Gasteiger charge is -2.38. The van der Waals surface area contributed by atoms with Crippen LogP contribution >= 0.6 is 11.6 Å². The number of ether oxygens (including phenoxy) is 1. The van der Waals surface area contributed by atoms with Gasteiger partial charge >= 0.3 is 0 Å². The lowest BCUT2D eigenvalue weighted by Crippen LogP contribution is -2.43. The highest BCUT2D eigenvalue weighted by atomic mass is 35.5. The number of halogens is 2. The number of methoxy groups -OCH3 is 1. The van der Waals surface area contributed by atoms with Crippen LogP contribution in [-0.4, -0.2) is 7.11 Å². The van der Waals surface area contributed by atoms with Gasteiger partial charge in [-0.2, -0.15) is 0 Å². The fourth-order valence-corrected chi connectivity index (χ4v) is 2.06. The Morgan fingerprint density at radius 2 is 2.13 bits per heavy atom. The van der Waals surface area contributed by atoms with Crippen LogP contribution in [0.15, 0.2) is 12.1 Å². The SMILES string of the molecule is COc1cc(C2(N)CCC2)cc(Cl)c1F. The summed E-state index contributed by atoms with van der Waals surface area (Å²) in [5.74, 6) is -0.361. The first-order valence-electron chi connectivity index (χ1n) is 4.89. The smallest absolute Gasteiger partial charge is 0.183 e. The van der Waals surface area contributed by atoms with Crippen molar-refractivity contribution < 1.29 is 9.13 Å². The molecule has 2 rings (SSSR count). The quantitative estimate of drug-likeness (QED) is 0.847. The molecular formula is C11H13ClFNO. The molecule has 15 heavy (non-hydrogen) atoms. The summed E-state index contributed by atoms with van der Waals surface area (Å²) >= 11 is 5.77. The fourth-order valence-electron chi connectivity index (χ4n) is 1.85. The van der Waals surface area contributed by atoms with Crippen LogP contribution < -0.4 is 10.5 Å². The Hall–Kier alpha value is -0.800. The van der Waals surface area contributed by atoms with Gasteiger partial charge in [0, 0.05) is 5.54 Å². The van der Waals surface area contributed by atoms with Crippen LogP contribution in [0.1, 0.15) is 24.8 Å². The zero-order valence-corrected chi connectivity index (χ0v) is 9.27. The molecule has 0 saturated heterocycles. The zero-order chi connectivity index (χ0) is 11.1. The first kappa shape index (κ1) is 10.7. The molecule has 0 amide bonds. The maximum Gasteiger partial charge on any atom is 0.183 e. The van der Waals surface area contributed by atoms with Crippen molar-refractivity contribution in [3.63, 3.8) is 0 Å². The molecule has 82 valence electrons. The molecule has 0 unspecified atom stereocenters. The molecule has 0 aromatic heterocycles. The van der Waals surface area contributed by atoms with Crippen LogP contribution in [0.5, 0.6) is 5.75 Å². The van der Waals surface area contributed by atoms with Crippen LogP contribution in [0.25, 0.3) is 0 Å². The average Bonchev–Trinajstić information content (AvgIpc) is 2.18. The highest BCUT2D eigenvalue weighted by Crippen LogP contribution is 2.41. The minimum absolute atomic E-state index is 0.0704. The van der Waals surface area contributed by atoms with E-state index in [1.165, 1.54) is 7.11 Å². The van der Waals surface area contributed by atoms with Crippen molar-refractivity contribution in [1.82, 2.24) is 0 Å². The topological polar surface area (TPSA) is 35.2 Å². The standard InChI is InChI=1S/C11H13ClFNO/c1-15-9-6-7(5-8(12)10(9)13)11(14)3-2-4-11/h5-6H,2-4,14H2,1H3. The zero-order valence-electron chi connectivity index (χ0n) is 8.52. The van der Waals surface area contributed by atoms with Crippen molar-refractivity contribution in [2.24, 2.45) is 5.73 Å². The first-order valence-corrected chi connectivity index (χ1v) is 5.27. The minimum atomic E-state index is -0.522. The lowest BCUT2D eigenvalue weighted by atomic mass is 9.73. The van der Waals surface area contributed by atoms with Gasteiger partial charge in [0.1, 0.15) is 0 Å². The molecule has 1 aromatic rings. The summed E-state index contributed by atoms with van der Waals surface area (Å²) in [6.45, 7) is 0. The van der Waals surface area contributed by atoms with E-state index in [1.807, 2.05) is 0 Å². The van der Waals surface area contributed by atoms with Gasteiger partial charge < -0.3 is 10.5 Å². The summed E-state index contributed by atoms with van der Waals surface area (Å²) in [4.78, 5) is 0. The van der Waals surface area contributed by atoms with Crippen molar-refractivity contribution in [1.29, 1.82) is 0 Å². The summed E-state index contributed by atoms with van der Waals surface area (Å²) in [5, 5.41) is 0.0704. The van der Waals surface area contributed by atoms with Crippen molar-refractivity contribution in [2.75, 3.05) is 7.11 Å². The Morgan fingerprint density at radius 1 is 1.47 bits per heavy atom. The summed E-state index contributed by atoms with van der Waals surface area (Å²) in [6.07, 6.45) is 2.93. The number of benzene rings is 1. The summed E-state index contributed by atoms with van der Waals surface area (Å²) in [6, 6.07) is 3.24. The second-order valence-corrected chi connectivity index (χ2v) is 4.39. The van der Waals surface area contributed by atoms with E-state index < -0.39 is 5.82 Å². The molecule has 1 fully saturated rings. The molecule has 0 atom stereocenters. The Kier molecular flexibility index (Phi) is 2.61. The van der Waals surface area contributed by atoms with E-state index >= 15 is 0 Å². The van der Waals surface area contributed by atoms with Gasteiger partial charge in [0.2, 0.25) is 0 Å². The van der Waals surface area contributed by atoms with Crippen molar-refractivity contribution >= 4 is 11.6 Å². The number of hydrogen-bond donors (Lipinski definition) is 1. The van der Waals surface area contributed by atoms with E-state index in [2.05, 4.69) is 0 Å². The highest BCUT2D eigenvalue weighted by Gasteiger charge is 2.35. The minimum Gasteiger partial charge on any atom is -0.494 e. The molecule has 0 spiro atoms. The van der Waals surface area contributed by atoms with E-state index in [0.29, 0.717) is 0 Å². The van der Waals surface area contributed by atoms with Crippen molar-refractivity contribution in [3.05, 3.63) is 28.5 Å². The third-order valence-electron chi connectivity index (χ3n) is 3.04. The molecule has 4 heteroatoms. The van der Waals surface area contributed by atoms with Gasteiger partial charge in [0.25, 0.3) is 0 Å². The second kappa shape index (κ2) is 3.65. The largest absolute Gasteiger partial charge is 0.494 e. The van der Waals surface area contributed by atoms with E-state index in [1.54, 1.807) is 12.1 Å². The van der Waals surface area contributed by atoms with Gasteiger partial charge in [-0.25, -0.2) is 4.39 Å². The van der Waals surface area contributed by atoms with Crippen LogP contribution in [0.4, 0.5) is 4.39 Å². The number of nitrogens with two attached hydrogens (primary N) is 1. The maximum absolute atomic E-state index is 13.4. The van der Waals surface area contributed by atoms with E-state index in [-0.39, 0.29) is 16.3 Å². The van der Waals surface area contributed by atoms with Crippen LogP contribution in [0.2, 0.25) is 5.02 Å². The Morgan fingerprint density at radius 3 is 2.60 bits per heavy atom. The van der Waals surface area contributed by atoms with Gasteiger partial charge in [-0.1, -0.05) is 11.6 Å². The summed E-state index contributed by atoms with van der Waals surface area (Å²) < 4.78 is 18.3. The van der Waals surface area contributed by atoms with E-state index in [9.17, 15) is 4.39 Å². The normalized spacial score (nSPS) is 18.4. The van der Waals surface area contributed by atoms with E-state index in [0.717, 1.165) is 24.8 Å². The lowest BCUT2D eigenvalue weighted by molar-refractivity contribution is 0.252. The Bertz CT molecular complexity index is 390. The predicted molar refractivity (Wildman–Crippen MR) is 57.7 cm³/mol. The number of rotatable bonds is 2. The molecule has 1 aromatic carbocycles. The molecule has 2 N–H and O–H groups in total. The molecule has 0 bridgehead atoms. The van der Waals surface area contributed by atoms with Gasteiger partial charge in [-0.05, 0) is 37.0 Å². The molecule has 2 nitrogen and oxygen atoms in total. The summed E-state index contributed by atoms with van der Waals surface area (Å²) in [5.41, 5.74) is 6.65. The van der Waals surface area contributed by atoms with Crippen molar-refractivity contribution in [2.45, 2.75) is 24.8 Å². The fraction of sp³-hybridized carbons (Fsp3) is 0.455. The van der Waals surface area contributed by atoms with Gasteiger partial charge in [0.15, 0.2) is 11.6 Å². The van der Waals surface area contributed by atoms with Gasteiger partial charge in [-0.3, -0.25) is 0 Å². The molecule has 1 aliphatic rings. The maximum atomic E-state index is 13.4. The van der Waals surface area contributed by atoms with Crippen LogP contribution in [-0.2, 0) is 5.54 Å². The molecule has 1 saturated carbocycles. The summed E-state index contributed by atoms with van der Waals surface area (Å²) in [7, 11) is 1.42.